The highest BCUT2D eigenvalue weighted by molar-refractivity contribution is 5.78. The lowest BCUT2D eigenvalue weighted by atomic mass is 9.97. The minimum atomic E-state index is -0.781. The zero-order valence-electron chi connectivity index (χ0n) is 11.7. The number of carbonyl (C=O) groups is 2. The number of carboxylic acid groups (broad SMARTS) is 1. The van der Waals surface area contributed by atoms with Crippen LogP contribution in [0.3, 0.4) is 0 Å². The smallest absolute Gasteiger partial charge is 0.306 e. The summed E-state index contributed by atoms with van der Waals surface area (Å²) in [7, 11) is 0. The molecule has 1 aromatic rings. The summed E-state index contributed by atoms with van der Waals surface area (Å²) in [6, 6.07) is 6.11. The molecule has 21 heavy (non-hydrogen) atoms. The van der Waals surface area contributed by atoms with Gasteiger partial charge < -0.3 is 15.3 Å². The molecule has 1 amide bonds. The van der Waals surface area contributed by atoms with Crippen LogP contribution in [0.4, 0.5) is 4.39 Å². The number of hydrogen-bond donors (Lipinski definition) is 2. The van der Waals surface area contributed by atoms with Crippen molar-refractivity contribution >= 4 is 11.9 Å². The molecule has 1 aliphatic rings. The van der Waals surface area contributed by atoms with Crippen LogP contribution >= 0.6 is 0 Å². The third-order valence-corrected chi connectivity index (χ3v) is 3.72. The number of carboxylic acids is 1. The minimum absolute atomic E-state index is 0.0269. The molecule has 0 unspecified atom stereocenters. The van der Waals surface area contributed by atoms with Crippen molar-refractivity contribution in [1.29, 1.82) is 0 Å². The van der Waals surface area contributed by atoms with Crippen molar-refractivity contribution in [3.8, 4) is 0 Å². The lowest BCUT2D eigenvalue weighted by Crippen LogP contribution is -2.43. The van der Waals surface area contributed by atoms with E-state index in [1.165, 1.54) is 12.1 Å². The van der Waals surface area contributed by atoms with Crippen LogP contribution in [0.1, 0.15) is 18.4 Å². The topological polar surface area (TPSA) is 69.6 Å². The van der Waals surface area contributed by atoms with E-state index in [1.54, 1.807) is 17.0 Å². The first-order chi connectivity index (χ1) is 10.1. The molecule has 5 nitrogen and oxygen atoms in total. The van der Waals surface area contributed by atoms with Crippen LogP contribution in [0, 0.1) is 11.7 Å². The Morgan fingerprint density at radius 1 is 1.24 bits per heavy atom. The highest BCUT2D eigenvalue weighted by atomic mass is 19.1. The van der Waals surface area contributed by atoms with Gasteiger partial charge in [-0.25, -0.2) is 4.39 Å². The second kappa shape index (κ2) is 7.17. The highest BCUT2D eigenvalue weighted by Crippen LogP contribution is 2.17. The van der Waals surface area contributed by atoms with E-state index in [0.717, 1.165) is 5.56 Å². The molecule has 1 aromatic carbocycles. The Balaban J connectivity index is 1.70. The Morgan fingerprint density at radius 2 is 1.86 bits per heavy atom. The Bertz CT molecular complexity index is 496. The first kappa shape index (κ1) is 15.4. The third-order valence-electron chi connectivity index (χ3n) is 3.72. The number of hydrogen-bond acceptors (Lipinski definition) is 3. The fourth-order valence-electron chi connectivity index (χ4n) is 2.40. The van der Waals surface area contributed by atoms with Gasteiger partial charge in [0.25, 0.3) is 0 Å². The maximum atomic E-state index is 12.7. The Labute approximate surface area is 122 Å². The predicted octanol–water partition coefficient (Wildman–Crippen LogP) is 1.24. The summed E-state index contributed by atoms with van der Waals surface area (Å²) in [5.74, 6) is -1.42. The summed E-state index contributed by atoms with van der Waals surface area (Å²) < 4.78 is 12.7. The van der Waals surface area contributed by atoms with E-state index >= 15 is 0 Å². The molecule has 6 heteroatoms. The quantitative estimate of drug-likeness (QED) is 0.857. The second-order valence-corrected chi connectivity index (χ2v) is 5.22. The van der Waals surface area contributed by atoms with Gasteiger partial charge in [0.1, 0.15) is 5.82 Å². The zero-order valence-corrected chi connectivity index (χ0v) is 11.7. The molecule has 2 rings (SSSR count). The lowest BCUT2D eigenvalue weighted by Gasteiger charge is -2.30. The van der Waals surface area contributed by atoms with Crippen LogP contribution in [0.15, 0.2) is 24.3 Å². The fraction of sp³-hybridized carbons (Fsp3) is 0.467. The van der Waals surface area contributed by atoms with Crippen LogP contribution in [0.5, 0.6) is 0 Å². The van der Waals surface area contributed by atoms with Gasteiger partial charge in [0.15, 0.2) is 0 Å². The van der Waals surface area contributed by atoms with Crippen molar-refractivity contribution in [2.75, 3.05) is 19.6 Å². The van der Waals surface area contributed by atoms with Crippen LogP contribution in [-0.2, 0) is 16.1 Å². The largest absolute Gasteiger partial charge is 0.481 e. The molecule has 1 saturated heterocycles. The number of benzene rings is 1. The summed E-state index contributed by atoms with van der Waals surface area (Å²) >= 11 is 0. The molecule has 114 valence electrons. The average molecular weight is 294 g/mol. The van der Waals surface area contributed by atoms with Crippen LogP contribution < -0.4 is 5.32 Å². The van der Waals surface area contributed by atoms with Crippen molar-refractivity contribution < 1.29 is 19.1 Å². The molecule has 1 aliphatic heterocycles. The molecule has 0 atom stereocenters. The van der Waals surface area contributed by atoms with Gasteiger partial charge in [-0.05, 0) is 30.5 Å². The number of rotatable bonds is 5. The summed E-state index contributed by atoms with van der Waals surface area (Å²) in [5.41, 5.74) is 0.911. The lowest BCUT2D eigenvalue weighted by molar-refractivity contribution is -0.145. The number of carbonyl (C=O) groups excluding carboxylic acids is 1. The molecule has 1 heterocycles. The Kier molecular flexibility index (Phi) is 5.27. The minimum Gasteiger partial charge on any atom is -0.481 e. The summed E-state index contributed by atoms with van der Waals surface area (Å²) in [6.45, 7) is 1.69. The standard InChI is InChI=1S/C15H19FN2O3/c16-13-3-1-11(2-4-13)9-17-10-14(19)18-7-5-12(6-8-18)15(20)21/h1-4,12,17H,5-10H2,(H,20,21). The Hall–Kier alpha value is -1.95. The number of amides is 1. The molecule has 0 saturated carbocycles. The van der Waals surface area contributed by atoms with E-state index in [0.29, 0.717) is 32.5 Å². The van der Waals surface area contributed by atoms with Gasteiger partial charge in [0.05, 0.1) is 12.5 Å². The molecular formula is C15H19FN2O3. The fourth-order valence-corrected chi connectivity index (χ4v) is 2.40. The normalized spacial score (nSPS) is 16.0. The van der Waals surface area contributed by atoms with E-state index in [1.807, 2.05) is 0 Å². The average Bonchev–Trinajstić information content (AvgIpc) is 2.49. The van der Waals surface area contributed by atoms with Crippen molar-refractivity contribution in [2.24, 2.45) is 5.92 Å². The zero-order chi connectivity index (χ0) is 15.2. The number of nitrogens with zero attached hydrogens (tertiary/aromatic N) is 1. The first-order valence-electron chi connectivity index (χ1n) is 7.02. The summed E-state index contributed by atoms with van der Waals surface area (Å²) in [5, 5.41) is 11.9. The first-order valence-corrected chi connectivity index (χ1v) is 7.02. The summed E-state index contributed by atoms with van der Waals surface area (Å²) in [4.78, 5) is 24.5. The number of piperidine rings is 1. The van der Waals surface area contributed by atoms with E-state index in [-0.39, 0.29) is 24.2 Å². The van der Waals surface area contributed by atoms with Crippen molar-refractivity contribution in [2.45, 2.75) is 19.4 Å². The molecular weight excluding hydrogens is 275 g/mol. The van der Waals surface area contributed by atoms with Crippen LogP contribution in [-0.4, -0.2) is 41.5 Å². The van der Waals surface area contributed by atoms with E-state index in [2.05, 4.69) is 5.32 Å². The van der Waals surface area contributed by atoms with Crippen molar-refractivity contribution in [3.63, 3.8) is 0 Å². The number of likely N-dealkylation sites (tertiary alicyclic amines) is 1. The summed E-state index contributed by atoms with van der Waals surface area (Å²) in [6.07, 6.45) is 1.03. The van der Waals surface area contributed by atoms with Gasteiger partial charge in [-0.3, -0.25) is 9.59 Å². The second-order valence-electron chi connectivity index (χ2n) is 5.22. The van der Waals surface area contributed by atoms with Crippen LogP contribution in [0.2, 0.25) is 0 Å². The van der Waals surface area contributed by atoms with Gasteiger partial charge in [0.2, 0.25) is 5.91 Å². The molecule has 1 fully saturated rings. The van der Waals surface area contributed by atoms with Gasteiger partial charge in [-0.15, -0.1) is 0 Å². The Morgan fingerprint density at radius 3 is 2.43 bits per heavy atom. The highest BCUT2D eigenvalue weighted by Gasteiger charge is 2.26. The molecule has 0 spiro atoms. The van der Waals surface area contributed by atoms with Gasteiger partial charge in [-0.1, -0.05) is 12.1 Å². The molecule has 0 aliphatic carbocycles. The molecule has 0 aromatic heterocycles. The SMILES string of the molecule is O=C(O)C1CCN(C(=O)CNCc2ccc(F)cc2)CC1. The van der Waals surface area contributed by atoms with Crippen molar-refractivity contribution in [1.82, 2.24) is 10.2 Å². The maximum Gasteiger partial charge on any atom is 0.306 e. The number of aliphatic carboxylic acids is 1. The van der Waals surface area contributed by atoms with E-state index in [4.69, 9.17) is 5.11 Å². The van der Waals surface area contributed by atoms with Gasteiger partial charge >= 0.3 is 5.97 Å². The molecule has 2 N–H and O–H groups in total. The molecule has 0 bridgehead atoms. The monoisotopic (exact) mass is 294 g/mol. The van der Waals surface area contributed by atoms with E-state index in [9.17, 15) is 14.0 Å². The van der Waals surface area contributed by atoms with Crippen molar-refractivity contribution in [3.05, 3.63) is 35.6 Å². The number of halogens is 1. The van der Waals surface area contributed by atoms with Gasteiger partial charge in [-0.2, -0.15) is 0 Å². The maximum absolute atomic E-state index is 12.7. The van der Waals surface area contributed by atoms with E-state index < -0.39 is 5.97 Å². The third kappa shape index (κ3) is 4.53. The van der Waals surface area contributed by atoms with Crippen LogP contribution in [0.25, 0.3) is 0 Å². The number of nitrogens with one attached hydrogen (secondary N) is 1. The van der Waals surface area contributed by atoms with Gasteiger partial charge in [0, 0.05) is 19.6 Å². The molecule has 0 radical (unpaired) electrons. The predicted molar refractivity (Wildman–Crippen MR) is 75.0 cm³/mol.